The zero-order chi connectivity index (χ0) is 17.3. The summed E-state index contributed by atoms with van der Waals surface area (Å²) in [5, 5.41) is 0.978. The normalized spacial score (nSPS) is 10.7. The fraction of sp³-hybridized carbons (Fsp3) is 0.211. The molecule has 124 valence electrons. The number of aromatic amines is 1. The van der Waals surface area contributed by atoms with E-state index in [0.717, 1.165) is 33.5 Å². The van der Waals surface area contributed by atoms with Gasteiger partial charge in [-0.3, -0.25) is 4.79 Å². The van der Waals surface area contributed by atoms with Gasteiger partial charge in [0.1, 0.15) is 17.2 Å². The van der Waals surface area contributed by atoms with E-state index in [0.29, 0.717) is 5.69 Å². The highest BCUT2D eigenvalue weighted by molar-refractivity contribution is 6.09. The van der Waals surface area contributed by atoms with Gasteiger partial charge in [-0.05, 0) is 29.8 Å². The van der Waals surface area contributed by atoms with Crippen molar-refractivity contribution in [3.63, 3.8) is 0 Å². The smallest absolute Gasteiger partial charge is 0.270 e. The molecular formula is C19H20N2O3. The molecule has 0 unspecified atom stereocenters. The standard InChI is InChI=1S/C19H20N2O3/c1-21(2)19(22)18-17(12-5-7-13(23-3)8-6-12)15-10-9-14(24-4)11-16(15)20-18/h5-11,20H,1-4H3. The van der Waals surface area contributed by atoms with Crippen molar-refractivity contribution >= 4 is 16.8 Å². The lowest BCUT2D eigenvalue weighted by atomic mass is 10.0. The molecule has 24 heavy (non-hydrogen) atoms. The van der Waals surface area contributed by atoms with Crippen LogP contribution in [0, 0.1) is 0 Å². The van der Waals surface area contributed by atoms with E-state index < -0.39 is 0 Å². The Kier molecular flexibility index (Phi) is 4.16. The predicted octanol–water partition coefficient (Wildman–Crippen LogP) is 3.55. The molecule has 0 aliphatic heterocycles. The molecule has 0 bridgehead atoms. The van der Waals surface area contributed by atoms with E-state index in [9.17, 15) is 4.79 Å². The fourth-order valence-corrected chi connectivity index (χ4v) is 2.75. The first-order valence-electron chi connectivity index (χ1n) is 7.61. The highest BCUT2D eigenvalue weighted by Crippen LogP contribution is 2.35. The number of H-pyrrole nitrogens is 1. The molecule has 2 aromatic carbocycles. The average Bonchev–Trinajstić information content (AvgIpc) is 2.99. The van der Waals surface area contributed by atoms with Crippen LogP contribution in [-0.4, -0.2) is 44.1 Å². The summed E-state index contributed by atoms with van der Waals surface area (Å²) in [4.78, 5) is 17.4. The highest BCUT2D eigenvalue weighted by atomic mass is 16.5. The molecule has 0 spiro atoms. The Labute approximate surface area is 140 Å². The minimum Gasteiger partial charge on any atom is -0.497 e. The van der Waals surface area contributed by atoms with E-state index in [1.165, 1.54) is 0 Å². The predicted molar refractivity (Wildman–Crippen MR) is 94.9 cm³/mol. The van der Waals surface area contributed by atoms with E-state index in [-0.39, 0.29) is 5.91 Å². The lowest BCUT2D eigenvalue weighted by molar-refractivity contribution is 0.0823. The van der Waals surface area contributed by atoms with Crippen molar-refractivity contribution in [2.45, 2.75) is 0 Å². The van der Waals surface area contributed by atoms with Crippen LogP contribution in [0.4, 0.5) is 0 Å². The van der Waals surface area contributed by atoms with E-state index in [4.69, 9.17) is 9.47 Å². The van der Waals surface area contributed by atoms with Crippen molar-refractivity contribution in [2.75, 3.05) is 28.3 Å². The van der Waals surface area contributed by atoms with E-state index in [1.807, 2.05) is 42.5 Å². The molecule has 1 amide bonds. The van der Waals surface area contributed by atoms with Gasteiger partial charge >= 0.3 is 0 Å². The summed E-state index contributed by atoms with van der Waals surface area (Å²) in [6, 6.07) is 13.5. The first-order valence-corrected chi connectivity index (χ1v) is 7.61. The number of nitrogens with zero attached hydrogens (tertiary/aromatic N) is 1. The number of carbonyl (C=O) groups is 1. The maximum atomic E-state index is 12.6. The number of benzene rings is 2. The summed E-state index contributed by atoms with van der Waals surface area (Å²) in [6.07, 6.45) is 0. The number of rotatable bonds is 4. The molecule has 0 atom stereocenters. The van der Waals surface area contributed by atoms with Gasteiger partial charge in [-0.2, -0.15) is 0 Å². The van der Waals surface area contributed by atoms with Crippen LogP contribution in [0.1, 0.15) is 10.5 Å². The number of methoxy groups -OCH3 is 2. The van der Waals surface area contributed by atoms with Crippen molar-refractivity contribution in [3.05, 3.63) is 48.2 Å². The zero-order valence-electron chi connectivity index (χ0n) is 14.2. The Hall–Kier alpha value is -2.95. The highest BCUT2D eigenvalue weighted by Gasteiger charge is 2.20. The number of ether oxygens (including phenoxy) is 2. The summed E-state index contributed by atoms with van der Waals surface area (Å²) >= 11 is 0. The van der Waals surface area contributed by atoms with Gasteiger partial charge in [0.2, 0.25) is 0 Å². The van der Waals surface area contributed by atoms with Crippen LogP contribution >= 0.6 is 0 Å². The monoisotopic (exact) mass is 324 g/mol. The van der Waals surface area contributed by atoms with Crippen molar-refractivity contribution in [1.29, 1.82) is 0 Å². The number of nitrogens with one attached hydrogen (secondary N) is 1. The van der Waals surface area contributed by atoms with E-state index in [1.54, 1.807) is 33.2 Å². The third kappa shape index (κ3) is 2.69. The Balaban J connectivity index is 2.25. The molecule has 0 saturated carbocycles. The van der Waals surface area contributed by atoms with Crippen molar-refractivity contribution in [3.8, 4) is 22.6 Å². The Bertz CT molecular complexity index is 880. The third-order valence-corrected chi connectivity index (χ3v) is 4.00. The summed E-state index contributed by atoms with van der Waals surface area (Å²) in [5.74, 6) is 1.45. The molecule has 1 aromatic heterocycles. The number of amides is 1. The number of fused-ring (bicyclic) bond motifs is 1. The third-order valence-electron chi connectivity index (χ3n) is 4.00. The molecule has 0 aliphatic rings. The first-order chi connectivity index (χ1) is 11.5. The molecule has 5 nitrogen and oxygen atoms in total. The van der Waals surface area contributed by atoms with Crippen molar-refractivity contribution < 1.29 is 14.3 Å². The molecule has 1 N–H and O–H groups in total. The Morgan fingerprint density at radius 2 is 1.58 bits per heavy atom. The number of hydrogen-bond donors (Lipinski definition) is 1. The quantitative estimate of drug-likeness (QED) is 0.798. The second-order valence-corrected chi connectivity index (χ2v) is 5.71. The van der Waals surface area contributed by atoms with Crippen LogP contribution in [0.5, 0.6) is 11.5 Å². The van der Waals surface area contributed by atoms with Crippen LogP contribution in [0.3, 0.4) is 0 Å². The minimum atomic E-state index is -0.0732. The Morgan fingerprint density at radius 1 is 0.958 bits per heavy atom. The number of carbonyl (C=O) groups excluding carboxylic acids is 1. The van der Waals surface area contributed by atoms with Gasteiger partial charge in [-0.25, -0.2) is 0 Å². The van der Waals surface area contributed by atoms with Crippen molar-refractivity contribution in [2.24, 2.45) is 0 Å². The molecule has 1 heterocycles. The largest absolute Gasteiger partial charge is 0.497 e. The molecule has 3 aromatic rings. The molecular weight excluding hydrogens is 304 g/mol. The summed E-state index contributed by atoms with van der Waals surface area (Å²) in [7, 11) is 6.74. The van der Waals surface area contributed by atoms with Crippen LogP contribution < -0.4 is 9.47 Å². The number of hydrogen-bond acceptors (Lipinski definition) is 3. The van der Waals surface area contributed by atoms with E-state index >= 15 is 0 Å². The lowest BCUT2D eigenvalue weighted by Gasteiger charge is -2.11. The molecule has 0 saturated heterocycles. The average molecular weight is 324 g/mol. The lowest BCUT2D eigenvalue weighted by Crippen LogP contribution is -2.22. The van der Waals surface area contributed by atoms with Crippen LogP contribution in [0.15, 0.2) is 42.5 Å². The molecule has 5 heteroatoms. The summed E-state index contributed by atoms with van der Waals surface area (Å²) < 4.78 is 10.5. The number of aromatic nitrogens is 1. The fourth-order valence-electron chi connectivity index (χ4n) is 2.75. The summed E-state index contributed by atoms with van der Waals surface area (Å²) in [6.45, 7) is 0. The second-order valence-electron chi connectivity index (χ2n) is 5.71. The minimum absolute atomic E-state index is 0.0732. The van der Waals surface area contributed by atoms with Crippen LogP contribution in [0.2, 0.25) is 0 Å². The van der Waals surface area contributed by atoms with Gasteiger partial charge in [0.05, 0.1) is 19.7 Å². The van der Waals surface area contributed by atoms with Gasteiger partial charge in [-0.15, -0.1) is 0 Å². The van der Waals surface area contributed by atoms with E-state index in [2.05, 4.69) is 4.98 Å². The van der Waals surface area contributed by atoms with Crippen LogP contribution in [-0.2, 0) is 0 Å². The molecule has 3 rings (SSSR count). The van der Waals surface area contributed by atoms with Crippen molar-refractivity contribution in [1.82, 2.24) is 9.88 Å². The maximum Gasteiger partial charge on any atom is 0.270 e. The van der Waals surface area contributed by atoms with Gasteiger partial charge in [0.25, 0.3) is 5.91 Å². The van der Waals surface area contributed by atoms with Gasteiger partial charge in [0.15, 0.2) is 0 Å². The molecule has 0 fully saturated rings. The first kappa shape index (κ1) is 15.9. The zero-order valence-corrected chi connectivity index (χ0v) is 14.2. The summed E-state index contributed by atoms with van der Waals surface area (Å²) in [5.41, 5.74) is 3.27. The SMILES string of the molecule is COc1ccc(-c2c(C(=O)N(C)C)[nH]c3cc(OC)ccc23)cc1. The molecule has 0 aliphatic carbocycles. The van der Waals surface area contributed by atoms with Gasteiger partial charge in [-0.1, -0.05) is 12.1 Å². The maximum absolute atomic E-state index is 12.6. The van der Waals surface area contributed by atoms with Crippen LogP contribution in [0.25, 0.3) is 22.0 Å². The second kappa shape index (κ2) is 6.28. The van der Waals surface area contributed by atoms with Gasteiger partial charge in [0, 0.05) is 31.1 Å². The topological polar surface area (TPSA) is 54.6 Å². The Morgan fingerprint density at radius 3 is 2.17 bits per heavy atom. The molecule has 0 radical (unpaired) electrons. The van der Waals surface area contributed by atoms with Gasteiger partial charge < -0.3 is 19.4 Å².